The van der Waals surface area contributed by atoms with Gasteiger partial charge in [0, 0.05) is 6.04 Å². The van der Waals surface area contributed by atoms with E-state index in [1.807, 2.05) is 25.1 Å². The van der Waals surface area contributed by atoms with Crippen molar-refractivity contribution in [1.29, 1.82) is 0 Å². The summed E-state index contributed by atoms with van der Waals surface area (Å²) in [4.78, 5) is 20.0. The van der Waals surface area contributed by atoms with Crippen molar-refractivity contribution in [3.05, 3.63) is 75.8 Å². The summed E-state index contributed by atoms with van der Waals surface area (Å²) in [5.41, 5.74) is 3.23. The molecule has 0 bridgehead atoms. The van der Waals surface area contributed by atoms with Crippen LogP contribution in [0, 0.1) is 5.92 Å². The molecule has 4 heteroatoms. The molecule has 2 aromatic carbocycles. The number of fused-ring (bicyclic) bond motifs is 1. The first kappa shape index (κ1) is 19.3. The number of rotatable bonds is 6. The van der Waals surface area contributed by atoms with Crippen LogP contribution >= 0.6 is 0 Å². The van der Waals surface area contributed by atoms with Crippen LogP contribution in [0.3, 0.4) is 0 Å². The molecule has 4 nitrogen and oxygen atoms in total. The van der Waals surface area contributed by atoms with Crippen molar-refractivity contribution in [2.75, 3.05) is 0 Å². The molecular weight excluding hydrogens is 334 g/mol. The number of para-hydroxylation sites is 1. The average molecular weight is 364 g/mol. The molecule has 0 radical (unpaired) electrons. The van der Waals surface area contributed by atoms with Crippen LogP contribution in [0.25, 0.3) is 10.9 Å². The summed E-state index contributed by atoms with van der Waals surface area (Å²) >= 11 is 0. The van der Waals surface area contributed by atoms with Crippen LogP contribution in [-0.4, -0.2) is 9.97 Å². The third-order valence-corrected chi connectivity index (χ3v) is 5.10. The third-order valence-electron chi connectivity index (χ3n) is 5.10. The van der Waals surface area contributed by atoms with Crippen LogP contribution in [0.4, 0.5) is 0 Å². The van der Waals surface area contributed by atoms with Crippen LogP contribution in [0.2, 0.25) is 0 Å². The van der Waals surface area contributed by atoms with Gasteiger partial charge in [-0.25, -0.2) is 4.98 Å². The van der Waals surface area contributed by atoms with Crippen molar-refractivity contribution in [3.63, 3.8) is 0 Å². The molecule has 0 fully saturated rings. The summed E-state index contributed by atoms with van der Waals surface area (Å²) in [5, 5.41) is 4.28. The first-order valence-corrected chi connectivity index (χ1v) is 9.71. The molecule has 0 saturated carbocycles. The van der Waals surface area contributed by atoms with Crippen molar-refractivity contribution in [2.24, 2.45) is 5.92 Å². The molecule has 0 amide bonds. The summed E-state index contributed by atoms with van der Waals surface area (Å²) in [6.45, 7) is 10.9. The van der Waals surface area contributed by atoms with Gasteiger partial charge in [0.15, 0.2) is 0 Å². The monoisotopic (exact) mass is 363 g/mol. The number of aromatic nitrogens is 2. The molecule has 2 N–H and O–H groups in total. The Morgan fingerprint density at radius 3 is 2.15 bits per heavy atom. The van der Waals surface area contributed by atoms with E-state index in [2.05, 4.69) is 67.2 Å². The summed E-state index contributed by atoms with van der Waals surface area (Å²) in [5.74, 6) is 1.60. The van der Waals surface area contributed by atoms with Gasteiger partial charge in [-0.2, -0.15) is 0 Å². The molecule has 1 heterocycles. The summed E-state index contributed by atoms with van der Waals surface area (Å²) in [7, 11) is 0. The van der Waals surface area contributed by atoms with Crippen molar-refractivity contribution >= 4 is 10.9 Å². The summed E-state index contributed by atoms with van der Waals surface area (Å²) < 4.78 is 0. The molecule has 142 valence electrons. The Balaban J connectivity index is 1.87. The van der Waals surface area contributed by atoms with Crippen LogP contribution in [0.1, 0.15) is 69.6 Å². The van der Waals surface area contributed by atoms with E-state index in [0.717, 1.165) is 5.52 Å². The number of hydrogen-bond acceptors (Lipinski definition) is 3. The predicted octanol–water partition coefficient (Wildman–Crippen LogP) is 5.09. The Bertz CT molecular complexity index is 957. The number of nitrogens with one attached hydrogen (secondary N) is 2. The van der Waals surface area contributed by atoms with E-state index >= 15 is 0 Å². The van der Waals surface area contributed by atoms with E-state index in [9.17, 15) is 4.79 Å². The Labute approximate surface area is 161 Å². The quantitative estimate of drug-likeness (QED) is 0.641. The van der Waals surface area contributed by atoms with Crippen molar-refractivity contribution in [3.8, 4) is 0 Å². The second kappa shape index (κ2) is 8.05. The van der Waals surface area contributed by atoms with Gasteiger partial charge in [-0.05, 0) is 42.0 Å². The van der Waals surface area contributed by atoms with E-state index in [-0.39, 0.29) is 17.6 Å². The second-order valence-corrected chi connectivity index (χ2v) is 7.90. The minimum absolute atomic E-state index is 0.0699. The number of H-pyrrole nitrogens is 1. The molecule has 0 aliphatic heterocycles. The molecular formula is C23H29N3O. The van der Waals surface area contributed by atoms with Crippen LogP contribution in [0.5, 0.6) is 0 Å². The minimum atomic E-state index is -0.0911. The smallest absolute Gasteiger partial charge is 0.258 e. The van der Waals surface area contributed by atoms with Crippen molar-refractivity contribution < 1.29 is 0 Å². The Hall–Kier alpha value is -2.46. The Morgan fingerprint density at radius 1 is 0.889 bits per heavy atom. The van der Waals surface area contributed by atoms with Crippen LogP contribution < -0.4 is 10.9 Å². The predicted molar refractivity (Wildman–Crippen MR) is 112 cm³/mol. The van der Waals surface area contributed by atoms with Gasteiger partial charge < -0.3 is 10.3 Å². The summed E-state index contributed by atoms with van der Waals surface area (Å²) in [6.07, 6.45) is 0. The highest BCUT2D eigenvalue weighted by atomic mass is 16.1. The van der Waals surface area contributed by atoms with Gasteiger partial charge in [-0.15, -0.1) is 0 Å². The fourth-order valence-electron chi connectivity index (χ4n) is 3.42. The standard InChI is InChI=1S/C23H29N3O/c1-14(2)17-10-12-18(13-11-17)21(15(3)4)24-16(5)22-25-20-9-7-6-8-19(20)23(27)26-22/h6-16,21,24H,1-5H3,(H,25,26,27)/t16-,21+/m0/s1. The topological polar surface area (TPSA) is 57.8 Å². The van der Waals surface area contributed by atoms with Gasteiger partial charge in [0.05, 0.1) is 16.9 Å². The molecule has 3 aromatic rings. The lowest BCUT2D eigenvalue weighted by Crippen LogP contribution is -2.30. The highest BCUT2D eigenvalue weighted by Crippen LogP contribution is 2.26. The molecule has 1 aromatic heterocycles. The highest BCUT2D eigenvalue weighted by molar-refractivity contribution is 5.77. The number of hydrogen-bond donors (Lipinski definition) is 2. The maximum Gasteiger partial charge on any atom is 0.258 e. The largest absolute Gasteiger partial charge is 0.309 e. The fraction of sp³-hybridized carbons (Fsp3) is 0.391. The lowest BCUT2D eigenvalue weighted by molar-refractivity contribution is 0.367. The second-order valence-electron chi connectivity index (χ2n) is 7.90. The normalized spacial score (nSPS) is 14.0. The van der Waals surface area contributed by atoms with E-state index in [1.165, 1.54) is 11.1 Å². The Morgan fingerprint density at radius 2 is 1.52 bits per heavy atom. The van der Waals surface area contributed by atoms with Gasteiger partial charge in [0.1, 0.15) is 5.82 Å². The molecule has 3 rings (SSSR count). The first-order valence-electron chi connectivity index (χ1n) is 9.71. The maximum atomic E-state index is 12.4. The molecule has 0 unspecified atom stereocenters. The zero-order valence-electron chi connectivity index (χ0n) is 16.8. The zero-order valence-corrected chi connectivity index (χ0v) is 16.8. The van der Waals surface area contributed by atoms with Gasteiger partial charge in [-0.3, -0.25) is 4.79 Å². The van der Waals surface area contributed by atoms with E-state index in [0.29, 0.717) is 23.0 Å². The number of benzene rings is 2. The third kappa shape index (κ3) is 4.28. The fourth-order valence-corrected chi connectivity index (χ4v) is 3.42. The van der Waals surface area contributed by atoms with Gasteiger partial charge in [0.2, 0.25) is 0 Å². The van der Waals surface area contributed by atoms with Crippen molar-refractivity contribution in [1.82, 2.24) is 15.3 Å². The number of nitrogens with zero attached hydrogens (tertiary/aromatic N) is 1. The van der Waals surface area contributed by atoms with Gasteiger partial charge >= 0.3 is 0 Å². The minimum Gasteiger partial charge on any atom is -0.309 e. The molecule has 0 spiro atoms. The van der Waals surface area contributed by atoms with E-state index in [1.54, 1.807) is 6.07 Å². The zero-order chi connectivity index (χ0) is 19.6. The average Bonchev–Trinajstić information content (AvgIpc) is 2.65. The lowest BCUT2D eigenvalue weighted by atomic mass is 9.93. The van der Waals surface area contributed by atoms with Crippen LogP contribution in [0.15, 0.2) is 53.3 Å². The lowest BCUT2D eigenvalue weighted by Gasteiger charge is -2.27. The van der Waals surface area contributed by atoms with Crippen LogP contribution in [-0.2, 0) is 0 Å². The molecule has 2 atom stereocenters. The van der Waals surface area contributed by atoms with Crippen molar-refractivity contribution in [2.45, 2.75) is 52.6 Å². The van der Waals surface area contributed by atoms with Gasteiger partial charge in [-0.1, -0.05) is 64.1 Å². The Kier molecular flexibility index (Phi) is 5.76. The summed E-state index contributed by atoms with van der Waals surface area (Å²) in [6, 6.07) is 16.4. The maximum absolute atomic E-state index is 12.4. The highest BCUT2D eigenvalue weighted by Gasteiger charge is 2.20. The van der Waals surface area contributed by atoms with Gasteiger partial charge in [0.25, 0.3) is 5.56 Å². The van der Waals surface area contributed by atoms with E-state index in [4.69, 9.17) is 0 Å². The number of aromatic amines is 1. The SMILES string of the molecule is CC(C)c1ccc([C@H](N[C@@H](C)c2nc3ccccc3c(=O)[nH]2)C(C)C)cc1. The molecule has 0 saturated heterocycles. The molecule has 0 aliphatic carbocycles. The molecule has 27 heavy (non-hydrogen) atoms. The molecule has 0 aliphatic rings. The van der Waals surface area contributed by atoms with E-state index < -0.39 is 0 Å². The first-order chi connectivity index (χ1) is 12.9.